The van der Waals surface area contributed by atoms with Crippen molar-refractivity contribution in [2.45, 2.75) is 19.1 Å². The number of hydrogen-bond donors (Lipinski definition) is 2. The Morgan fingerprint density at radius 2 is 1.96 bits per heavy atom. The fourth-order valence-corrected chi connectivity index (χ4v) is 2.70. The van der Waals surface area contributed by atoms with Crippen molar-refractivity contribution in [1.82, 2.24) is 0 Å². The number of hydrogen-bond acceptors (Lipinski definition) is 4. The number of nitrogens with one attached hydrogen (secondary N) is 1. The van der Waals surface area contributed by atoms with Crippen LogP contribution in [0.4, 0.5) is 5.69 Å². The van der Waals surface area contributed by atoms with Crippen molar-refractivity contribution in [1.29, 1.82) is 0 Å². The molecule has 2 aromatic carbocycles. The zero-order valence-corrected chi connectivity index (χ0v) is 15.1. The quantitative estimate of drug-likeness (QED) is 0.744. The maximum Gasteiger partial charge on any atom is 0.241 e. The normalized spacial score (nSPS) is 11.8. The van der Waals surface area contributed by atoms with Gasteiger partial charge in [-0.15, -0.1) is 0 Å². The van der Waals surface area contributed by atoms with Gasteiger partial charge in [0.2, 0.25) is 5.91 Å². The Kier molecular flexibility index (Phi) is 7.43. The molecule has 0 bridgehead atoms. The average Bonchev–Trinajstić information content (AvgIpc) is 2.60. The van der Waals surface area contributed by atoms with E-state index in [1.807, 2.05) is 30.5 Å². The van der Waals surface area contributed by atoms with Gasteiger partial charge in [-0.3, -0.25) is 4.79 Å². The van der Waals surface area contributed by atoms with Gasteiger partial charge in [0.05, 0.1) is 6.04 Å². The molecule has 2 rings (SSSR count). The van der Waals surface area contributed by atoms with E-state index in [0.717, 1.165) is 11.3 Å². The van der Waals surface area contributed by atoms with E-state index in [-0.39, 0.29) is 5.91 Å². The minimum absolute atomic E-state index is 0.172. The Hall–Kier alpha value is -1.69. The highest BCUT2D eigenvalue weighted by Crippen LogP contribution is 2.20. The van der Waals surface area contributed by atoms with Crippen molar-refractivity contribution in [3.05, 3.63) is 59.1 Å². The predicted molar refractivity (Wildman–Crippen MR) is 102 cm³/mol. The third-order valence-corrected chi connectivity index (χ3v) is 4.46. The summed E-state index contributed by atoms with van der Waals surface area (Å²) >= 11 is 7.77. The maximum atomic E-state index is 12.0. The summed E-state index contributed by atoms with van der Waals surface area (Å²) in [5, 5.41) is 3.49. The van der Waals surface area contributed by atoms with Crippen molar-refractivity contribution in [2.24, 2.45) is 5.73 Å². The van der Waals surface area contributed by atoms with Crippen molar-refractivity contribution in [2.75, 3.05) is 17.3 Å². The van der Waals surface area contributed by atoms with E-state index < -0.39 is 6.04 Å². The first-order valence-electron chi connectivity index (χ1n) is 7.62. The lowest BCUT2D eigenvalue weighted by molar-refractivity contribution is -0.117. The van der Waals surface area contributed by atoms with Gasteiger partial charge in [-0.25, -0.2) is 0 Å². The SMILES string of the molecule is CSCC[C@H](N)C(=O)Nc1ccc(OCc2ccccc2Cl)cc1. The molecule has 6 heteroatoms. The van der Waals surface area contributed by atoms with Gasteiger partial charge in [0, 0.05) is 16.3 Å². The highest BCUT2D eigenvalue weighted by molar-refractivity contribution is 7.98. The van der Waals surface area contributed by atoms with Gasteiger partial charge >= 0.3 is 0 Å². The number of rotatable bonds is 8. The summed E-state index contributed by atoms with van der Waals surface area (Å²) in [6.45, 7) is 0.394. The molecule has 0 unspecified atom stereocenters. The van der Waals surface area contributed by atoms with Gasteiger partial charge in [-0.05, 0) is 48.8 Å². The summed E-state index contributed by atoms with van der Waals surface area (Å²) in [4.78, 5) is 12.0. The average molecular weight is 365 g/mol. The van der Waals surface area contributed by atoms with E-state index in [2.05, 4.69) is 5.32 Å². The highest BCUT2D eigenvalue weighted by atomic mass is 35.5. The van der Waals surface area contributed by atoms with Crippen molar-refractivity contribution in [3.8, 4) is 5.75 Å². The summed E-state index contributed by atoms with van der Waals surface area (Å²) in [6.07, 6.45) is 2.65. The molecule has 0 aromatic heterocycles. The summed E-state index contributed by atoms with van der Waals surface area (Å²) in [5.41, 5.74) is 7.47. The molecule has 0 saturated heterocycles. The van der Waals surface area contributed by atoms with Crippen LogP contribution >= 0.6 is 23.4 Å². The number of halogens is 1. The lowest BCUT2D eigenvalue weighted by atomic mass is 10.2. The second-order valence-electron chi connectivity index (χ2n) is 5.28. The molecule has 1 atom stereocenters. The van der Waals surface area contributed by atoms with Gasteiger partial charge in [-0.2, -0.15) is 11.8 Å². The van der Waals surface area contributed by atoms with Crippen LogP contribution in [-0.2, 0) is 11.4 Å². The van der Waals surface area contributed by atoms with E-state index in [4.69, 9.17) is 22.1 Å². The van der Waals surface area contributed by atoms with Gasteiger partial charge in [0.25, 0.3) is 0 Å². The van der Waals surface area contributed by atoms with Crippen molar-refractivity contribution >= 4 is 35.0 Å². The zero-order valence-electron chi connectivity index (χ0n) is 13.5. The zero-order chi connectivity index (χ0) is 17.4. The lowest BCUT2D eigenvalue weighted by Gasteiger charge is -2.12. The van der Waals surface area contributed by atoms with Crippen LogP contribution in [-0.4, -0.2) is 24.0 Å². The number of nitrogens with two attached hydrogens (primary N) is 1. The maximum absolute atomic E-state index is 12.0. The number of ether oxygens (including phenoxy) is 1. The van der Waals surface area contributed by atoms with Crippen molar-refractivity contribution in [3.63, 3.8) is 0 Å². The van der Waals surface area contributed by atoms with Crippen LogP contribution in [0.25, 0.3) is 0 Å². The largest absolute Gasteiger partial charge is 0.489 e. The molecule has 0 aliphatic rings. The van der Waals surface area contributed by atoms with Crippen LogP contribution in [0.3, 0.4) is 0 Å². The predicted octanol–water partition coefficient (Wildman–Crippen LogP) is 3.94. The molecule has 0 aliphatic heterocycles. The topological polar surface area (TPSA) is 64.4 Å². The summed E-state index contributed by atoms with van der Waals surface area (Å²) < 4.78 is 5.71. The minimum atomic E-state index is -0.492. The molecule has 24 heavy (non-hydrogen) atoms. The Labute approximate surface area is 151 Å². The van der Waals surface area contributed by atoms with Gasteiger partial charge in [-0.1, -0.05) is 29.8 Å². The van der Waals surface area contributed by atoms with E-state index in [9.17, 15) is 4.79 Å². The third-order valence-electron chi connectivity index (χ3n) is 3.44. The molecule has 0 heterocycles. The standard InChI is InChI=1S/C18H21ClN2O2S/c1-24-11-10-17(20)18(22)21-14-6-8-15(9-7-14)23-12-13-4-2-3-5-16(13)19/h2-9,17H,10-12,20H2,1H3,(H,21,22)/t17-/m0/s1. The monoisotopic (exact) mass is 364 g/mol. The minimum Gasteiger partial charge on any atom is -0.489 e. The van der Waals surface area contributed by atoms with Crippen LogP contribution in [0.15, 0.2) is 48.5 Å². The van der Waals surface area contributed by atoms with E-state index in [0.29, 0.717) is 29.5 Å². The third kappa shape index (κ3) is 5.74. The first kappa shape index (κ1) is 18.6. The fraction of sp³-hybridized carbons (Fsp3) is 0.278. The summed E-state index contributed by atoms with van der Waals surface area (Å²) in [7, 11) is 0. The number of benzene rings is 2. The number of carbonyl (C=O) groups excluding carboxylic acids is 1. The molecule has 4 nitrogen and oxygen atoms in total. The molecule has 3 N–H and O–H groups in total. The Bertz CT molecular complexity index is 664. The second kappa shape index (κ2) is 9.57. The fourth-order valence-electron chi connectivity index (χ4n) is 2.02. The molecule has 2 aromatic rings. The molecule has 0 saturated carbocycles. The first-order chi connectivity index (χ1) is 11.6. The van der Waals surface area contributed by atoms with E-state index in [1.165, 1.54) is 0 Å². The van der Waals surface area contributed by atoms with Crippen LogP contribution < -0.4 is 15.8 Å². The Morgan fingerprint density at radius 1 is 1.25 bits per heavy atom. The highest BCUT2D eigenvalue weighted by Gasteiger charge is 2.12. The molecular formula is C18H21ClN2O2S. The van der Waals surface area contributed by atoms with Crippen LogP contribution in [0, 0.1) is 0 Å². The molecule has 0 spiro atoms. The van der Waals surface area contributed by atoms with Gasteiger partial charge < -0.3 is 15.8 Å². The number of thioether (sulfide) groups is 1. The molecule has 1 amide bonds. The molecule has 0 fully saturated rings. The van der Waals surface area contributed by atoms with Crippen LogP contribution in [0.5, 0.6) is 5.75 Å². The van der Waals surface area contributed by atoms with Crippen LogP contribution in [0.2, 0.25) is 5.02 Å². The summed E-state index contributed by atoms with van der Waals surface area (Å²) in [5.74, 6) is 1.40. The Morgan fingerprint density at radius 3 is 2.62 bits per heavy atom. The molecule has 0 radical (unpaired) electrons. The van der Waals surface area contributed by atoms with Gasteiger partial charge in [0.1, 0.15) is 12.4 Å². The van der Waals surface area contributed by atoms with Crippen molar-refractivity contribution < 1.29 is 9.53 Å². The molecule has 0 aliphatic carbocycles. The lowest BCUT2D eigenvalue weighted by Crippen LogP contribution is -2.36. The Balaban J connectivity index is 1.86. The second-order valence-corrected chi connectivity index (χ2v) is 6.67. The van der Waals surface area contributed by atoms with E-state index >= 15 is 0 Å². The number of amides is 1. The summed E-state index contributed by atoms with van der Waals surface area (Å²) in [6, 6.07) is 14.3. The smallest absolute Gasteiger partial charge is 0.241 e. The molecular weight excluding hydrogens is 344 g/mol. The number of anilines is 1. The van der Waals surface area contributed by atoms with E-state index in [1.54, 1.807) is 36.0 Å². The molecule has 128 valence electrons. The van der Waals surface area contributed by atoms with Gasteiger partial charge in [0.15, 0.2) is 0 Å². The first-order valence-corrected chi connectivity index (χ1v) is 9.39. The van der Waals surface area contributed by atoms with Crippen LogP contribution in [0.1, 0.15) is 12.0 Å². The number of carbonyl (C=O) groups is 1.